The van der Waals surface area contributed by atoms with E-state index in [1.807, 2.05) is 50.2 Å². The Labute approximate surface area is 174 Å². The van der Waals surface area contributed by atoms with E-state index in [0.29, 0.717) is 12.2 Å². The van der Waals surface area contributed by atoms with Gasteiger partial charge in [0.2, 0.25) is 0 Å². The molecule has 0 bridgehead atoms. The van der Waals surface area contributed by atoms with Crippen molar-refractivity contribution < 1.29 is 9.90 Å². The van der Waals surface area contributed by atoms with Gasteiger partial charge in [-0.1, -0.05) is 38.1 Å². The van der Waals surface area contributed by atoms with Crippen molar-refractivity contribution in [2.45, 2.75) is 20.3 Å². The summed E-state index contributed by atoms with van der Waals surface area (Å²) in [6.07, 6.45) is 5.67. The van der Waals surface area contributed by atoms with E-state index in [9.17, 15) is 9.90 Å². The number of aromatic hydroxyl groups is 1. The van der Waals surface area contributed by atoms with E-state index in [-0.39, 0.29) is 11.7 Å². The van der Waals surface area contributed by atoms with E-state index in [0.717, 1.165) is 39.3 Å². The van der Waals surface area contributed by atoms with E-state index in [2.05, 4.69) is 21.6 Å². The number of rotatable bonds is 1. The number of amides is 1. The summed E-state index contributed by atoms with van der Waals surface area (Å²) in [5.41, 5.74) is 3.27. The van der Waals surface area contributed by atoms with Crippen LogP contribution in [0.3, 0.4) is 0 Å². The number of aromatic nitrogens is 2. The maximum Gasteiger partial charge on any atom is 0.274 e. The number of hydrogen-bond donors (Lipinski definition) is 2. The highest BCUT2D eigenvalue weighted by Gasteiger charge is 2.29. The molecule has 5 rings (SSSR count). The molecule has 1 aliphatic rings. The Hall–Kier alpha value is -3.05. The molecule has 0 saturated carbocycles. The third kappa shape index (κ3) is 3.66. The monoisotopic (exact) mass is 409 g/mol. The van der Waals surface area contributed by atoms with Gasteiger partial charge in [-0.2, -0.15) is 0 Å². The van der Waals surface area contributed by atoms with Gasteiger partial charge in [0.25, 0.3) is 5.91 Å². The molecule has 0 spiro atoms. The van der Waals surface area contributed by atoms with Crippen LogP contribution >= 0.6 is 11.6 Å². The molecule has 0 saturated heterocycles. The number of carbonyl (C=O) groups excluding carboxylic acids is 1. The van der Waals surface area contributed by atoms with Crippen LogP contribution in [0, 0.1) is 0 Å². The number of nitrogens with zero attached hydrogens (tertiary/aromatic N) is 2. The maximum atomic E-state index is 13.0. The third-order valence-corrected chi connectivity index (χ3v) is 4.89. The van der Waals surface area contributed by atoms with Gasteiger partial charge in [-0.05, 0) is 29.5 Å². The number of anilines is 1. The number of H-pyrrole nitrogens is 1. The Morgan fingerprint density at radius 2 is 1.86 bits per heavy atom. The number of benzene rings is 2. The Bertz CT molecular complexity index is 1120. The summed E-state index contributed by atoms with van der Waals surface area (Å²) in [5.74, 6) is 0.111. The summed E-state index contributed by atoms with van der Waals surface area (Å²) in [7, 11) is 0. The van der Waals surface area contributed by atoms with Crippen molar-refractivity contribution in [1.82, 2.24) is 9.97 Å². The largest absolute Gasteiger partial charge is 0.507 e. The SMILES string of the molecule is CC.CCl.O=C(c1cc2ccncc2[nH]1)N1CCc2c1cc(O)c1ccccc21. The molecule has 4 aromatic rings. The molecule has 0 aliphatic carbocycles. The molecular formula is C23H24ClN3O2. The van der Waals surface area contributed by atoms with Gasteiger partial charge in [0.05, 0.1) is 17.4 Å². The molecule has 0 unspecified atom stereocenters. The van der Waals surface area contributed by atoms with Gasteiger partial charge in [-0.3, -0.25) is 9.78 Å². The summed E-state index contributed by atoms with van der Waals surface area (Å²) < 4.78 is 0. The summed E-state index contributed by atoms with van der Waals surface area (Å²) in [6, 6.07) is 13.2. The lowest BCUT2D eigenvalue weighted by Gasteiger charge is -2.17. The van der Waals surface area contributed by atoms with Crippen LogP contribution in [0.15, 0.2) is 54.9 Å². The van der Waals surface area contributed by atoms with Crippen molar-refractivity contribution in [1.29, 1.82) is 0 Å². The van der Waals surface area contributed by atoms with Crippen LogP contribution in [-0.2, 0) is 6.42 Å². The van der Waals surface area contributed by atoms with Crippen LogP contribution in [0.1, 0.15) is 29.9 Å². The third-order valence-electron chi connectivity index (χ3n) is 4.89. The zero-order valence-corrected chi connectivity index (χ0v) is 17.5. The van der Waals surface area contributed by atoms with Crippen molar-refractivity contribution >= 4 is 44.9 Å². The lowest BCUT2D eigenvalue weighted by Crippen LogP contribution is -2.29. The van der Waals surface area contributed by atoms with E-state index < -0.39 is 0 Å². The van der Waals surface area contributed by atoms with Crippen molar-refractivity contribution in [3.63, 3.8) is 0 Å². The second-order valence-electron chi connectivity index (χ2n) is 6.29. The Kier molecular flexibility index (Phi) is 6.39. The first kappa shape index (κ1) is 20.7. The molecule has 3 heterocycles. The first-order valence-corrected chi connectivity index (χ1v) is 10.3. The van der Waals surface area contributed by atoms with Crippen LogP contribution in [-0.4, -0.2) is 33.9 Å². The van der Waals surface area contributed by atoms with E-state index in [1.165, 1.54) is 6.38 Å². The number of phenols is 1. The second-order valence-corrected chi connectivity index (χ2v) is 6.29. The van der Waals surface area contributed by atoms with Gasteiger partial charge in [0.1, 0.15) is 11.4 Å². The lowest BCUT2D eigenvalue weighted by molar-refractivity contribution is 0.0985. The molecule has 6 heteroatoms. The van der Waals surface area contributed by atoms with Crippen molar-refractivity contribution in [2.24, 2.45) is 0 Å². The topological polar surface area (TPSA) is 69.2 Å². The second kappa shape index (κ2) is 8.97. The minimum atomic E-state index is -0.0929. The Morgan fingerprint density at radius 1 is 1.14 bits per heavy atom. The van der Waals surface area contributed by atoms with Crippen LogP contribution in [0.4, 0.5) is 5.69 Å². The number of alkyl halides is 1. The Balaban J connectivity index is 0.000000568. The first-order valence-electron chi connectivity index (χ1n) is 9.58. The molecule has 0 atom stereocenters. The lowest BCUT2D eigenvalue weighted by atomic mass is 10.0. The van der Waals surface area contributed by atoms with E-state index in [1.54, 1.807) is 23.4 Å². The molecule has 1 amide bonds. The summed E-state index contributed by atoms with van der Waals surface area (Å²) in [5, 5.41) is 13.2. The molecule has 150 valence electrons. The molecular weight excluding hydrogens is 386 g/mol. The van der Waals surface area contributed by atoms with Gasteiger partial charge in [-0.15, -0.1) is 11.6 Å². The first-order chi connectivity index (χ1) is 14.2. The van der Waals surface area contributed by atoms with Crippen LogP contribution in [0.2, 0.25) is 0 Å². The minimum Gasteiger partial charge on any atom is -0.507 e. The molecule has 5 nitrogen and oxygen atoms in total. The predicted molar refractivity (Wildman–Crippen MR) is 120 cm³/mol. The highest BCUT2D eigenvalue weighted by Crippen LogP contribution is 2.40. The number of carbonyl (C=O) groups is 1. The smallest absolute Gasteiger partial charge is 0.274 e. The molecule has 1 aliphatic heterocycles. The number of aromatic amines is 1. The normalized spacial score (nSPS) is 12.1. The fourth-order valence-electron chi connectivity index (χ4n) is 3.69. The minimum absolute atomic E-state index is 0.0929. The number of phenolic OH excluding ortho intramolecular Hbond substituents is 1. The number of halogens is 1. The molecule has 29 heavy (non-hydrogen) atoms. The standard InChI is InChI=1S/C20H15N3O2.C2H6.CH3Cl/c24-19-10-18-14(13-3-1-2-4-15(13)19)6-8-23(18)20(25)16-9-12-5-7-21-11-17(12)22-16;2*1-2/h1-5,7,9-11,22,24H,6,8H2;1-2H3;1H3. The quantitative estimate of drug-likeness (QED) is 0.407. The van der Waals surface area contributed by atoms with Crippen LogP contribution in [0.25, 0.3) is 21.7 Å². The number of hydrogen-bond acceptors (Lipinski definition) is 3. The average Bonchev–Trinajstić information content (AvgIpc) is 3.41. The maximum absolute atomic E-state index is 13.0. The summed E-state index contributed by atoms with van der Waals surface area (Å²) >= 11 is 4.64. The predicted octanol–water partition coefficient (Wildman–Crippen LogP) is 5.51. The van der Waals surface area contributed by atoms with Crippen molar-refractivity contribution in [3.8, 4) is 5.75 Å². The molecule has 0 radical (unpaired) electrons. The zero-order valence-electron chi connectivity index (χ0n) is 16.7. The van der Waals surface area contributed by atoms with Crippen molar-refractivity contribution in [3.05, 3.63) is 66.1 Å². The fourth-order valence-corrected chi connectivity index (χ4v) is 3.69. The van der Waals surface area contributed by atoms with Gasteiger partial charge in [0, 0.05) is 36.0 Å². The zero-order chi connectivity index (χ0) is 21.0. The van der Waals surface area contributed by atoms with E-state index in [4.69, 9.17) is 0 Å². The van der Waals surface area contributed by atoms with Crippen LogP contribution < -0.4 is 4.90 Å². The Morgan fingerprint density at radius 3 is 2.59 bits per heavy atom. The van der Waals surface area contributed by atoms with Crippen molar-refractivity contribution in [2.75, 3.05) is 17.8 Å². The van der Waals surface area contributed by atoms with Gasteiger partial charge in [-0.25, -0.2) is 0 Å². The molecule has 2 N–H and O–H groups in total. The highest BCUT2D eigenvalue weighted by atomic mass is 35.5. The van der Waals surface area contributed by atoms with Crippen LogP contribution in [0.5, 0.6) is 5.75 Å². The number of pyridine rings is 1. The van der Waals surface area contributed by atoms with E-state index >= 15 is 0 Å². The average molecular weight is 410 g/mol. The molecule has 0 fully saturated rings. The van der Waals surface area contributed by atoms with Gasteiger partial charge < -0.3 is 15.0 Å². The van der Waals surface area contributed by atoms with Gasteiger partial charge in [0.15, 0.2) is 0 Å². The van der Waals surface area contributed by atoms with Gasteiger partial charge >= 0.3 is 0 Å². The summed E-state index contributed by atoms with van der Waals surface area (Å²) in [4.78, 5) is 22.0. The fraction of sp³-hybridized carbons (Fsp3) is 0.217. The number of nitrogens with one attached hydrogen (secondary N) is 1. The number of fused-ring (bicyclic) bond motifs is 4. The summed E-state index contributed by atoms with van der Waals surface area (Å²) in [6.45, 7) is 4.61. The molecule has 2 aromatic heterocycles. The highest BCUT2D eigenvalue weighted by molar-refractivity contribution is 6.15. The molecule has 2 aromatic carbocycles.